The number of hydrogen-bond donors (Lipinski definition) is 1. The van der Waals surface area contributed by atoms with E-state index in [1.807, 2.05) is 36.4 Å². The molecule has 1 N–H and O–H groups in total. The molecule has 0 fully saturated rings. The lowest BCUT2D eigenvalue weighted by Gasteiger charge is -2.23. The molecule has 1 amide bonds. The summed E-state index contributed by atoms with van der Waals surface area (Å²) >= 11 is 1.41. The molecule has 2 aromatic heterocycles. The fourth-order valence-electron chi connectivity index (χ4n) is 3.13. The number of anilines is 1. The zero-order valence-electron chi connectivity index (χ0n) is 17.6. The first-order valence-electron chi connectivity index (χ1n) is 10.4. The smallest absolute Gasteiger partial charge is 0.221 e. The average Bonchev–Trinajstić information content (AvgIpc) is 3.21. The van der Waals surface area contributed by atoms with Crippen LogP contribution in [0.25, 0.3) is 0 Å². The summed E-state index contributed by atoms with van der Waals surface area (Å²) in [5, 5.41) is 3.88. The van der Waals surface area contributed by atoms with Crippen molar-refractivity contribution >= 4 is 22.6 Å². The van der Waals surface area contributed by atoms with Gasteiger partial charge in [-0.15, -0.1) is 0 Å². The van der Waals surface area contributed by atoms with Crippen molar-refractivity contribution in [3.05, 3.63) is 71.8 Å². The molecule has 1 aromatic carbocycles. The Balaban J connectivity index is 1.51. The molecule has 158 valence electrons. The van der Waals surface area contributed by atoms with Crippen molar-refractivity contribution in [2.24, 2.45) is 5.92 Å². The van der Waals surface area contributed by atoms with Crippen LogP contribution in [0.3, 0.4) is 0 Å². The van der Waals surface area contributed by atoms with Gasteiger partial charge in [0.1, 0.15) is 5.82 Å². The molecule has 0 aliphatic carbocycles. The fourth-order valence-corrected chi connectivity index (χ4v) is 3.85. The second-order valence-electron chi connectivity index (χ2n) is 7.67. The molecule has 3 aromatic rings. The third-order valence-electron chi connectivity index (χ3n) is 4.56. The molecule has 0 saturated carbocycles. The van der Waals surface area contributed by atoms with E-state index < -0.39 is 0 Å². The average molecular weight is 424 g/mol. The molecule has 0 atom stereocenters. The lowest BCUT2D eigenvalue weighted by molar-refractivity contribution is -0.120. The van der Waals surface area contributed by atoms with Gasteiger partial charge in [-0.2, -0.15) is 4.37 Å². The number of amides is 1. The van der Waals surface area contributed by atoms with Crippen molar-refractivity contribution in [3.8, 4) is 0 Å². The highest BCUT2D eigenvalue weighted by molar-refractivity contribution is 7.09. The summed E-state index contributed by atoms with van der Waals surface area (Å²) in [6, 6.07) is 16.1. The molecular weight excluding hydrogens is 394 g/mol. The third-order valence-corrected chi connectivity index (χ3v) is 5.37. The minimum absolute atomic E-state index is 0.0497. The largest absolute Gasteiger partial charge is 0.356 e. The highest BCUT2D eigenvalue weighted by atomic mass is 32.1. The highest BCUT2D eigenvalue weighted by Gasteiger charge is 2.16. The molecule has 0 unspecified atom stereocenters. The van der Waals surface area contributed by atoms with Crippen LogP contribution in [0.4, 0.5) is 5.13 Å². The van der Waals surface area contributed by atoms with Gasteiger partial charge in [-0.05, 0) is 23.6 Å². The summed E-state index contributed by atoms with van der Waals surface area (Å²) in [6.45, 7) is 6.42. The quantitative estimate of drug-likeness (QED) is 0.509. The Bertz CT molecular complexity index is 898. The first-order chi connectivity index (χ1) is 14.6. The standard InChI is InChI=1S/C23H29N5OS/c1-18(2)17-28(15-12-22(29)25-14-11-20-10-6-7-13-24-20)23-26-21(27-30-23)16-19-8-4-3-5-9-19/h3-10,13,18H,11-12,14-17H2,1-2H3,(H,25,29). The maximum Gasteiger partial charge on any atom is 0.221 e. The molecule has 0 radical (unpaired) electrons. The van der Waals surface area contributed by atoms with Gasteiger partial charge in [-0.25, -0.2) is 4.98 Å². The molecule has 2 heterocycles. The Labute approximate surface area is 182 Å². The fraction of sp³-hybridized carbons (Fsp3) is 0.391. The number of nitrogens with zero attached hydrogens (tertiary/aromatic N) is 4. The van der Waals surface area contributed by atoms with E-state index >= 15 is 0 Å². The number of carbonyl (C=O) groups excluding carboxylic acids is 1. The van der Waals surface area contributed by atoms with Crippen LogP contribution in [-0.2, 0) is 17.6 Å². The normalized spacial score (nSPS) is 10.9. The van der Waals surface area contributed by atoms with Crippen molar-refractivity contribution in [3.63, 3.8) is 0 Å². The van der Waals surface area contributed by atoms with E-state index in [0.717, 1.165) is 36.0 Å². The first-order valence-corrected chi connectivity index (χ1v) is 11.2. The number of rotatable bonds is 11. The summed E-state index contributed by atoms with van der Waals surface area (Å²) in [4.78, 5) is 23.5. The Morgan fingerprint density at radius 1 is 1.13 bits per heavy atom. The summed E-state index contributed by atoms with van der Waals surface area (Å²) in [6.07, 6.45) is 3.67. The van der Waals surface area contributed by atoms with E-state index in [1.54, 1.807) is 6.20 Å². The Morgan fingerprint density at radius 2 is 1.93 bits per heavy atom. The monoisotopic (exact) mass is 423 g/mol. The topological polar surface area (TPSA) is 71.0 Å². The van der Waals surface area contributed by atoms with Crippen LogP contribution in [0.5, 0.6) is 0 Å². The number of nitrogens with one attached hydrogen (secondary N) is 1. The van der Waals surface area contributed by atoms with Crippen LogP contribution in [0.2, 0.25) is 0 Å². The third kappa shape index (κ3) is 7.22. The zero-order chi connectivity index (χ0) is 21.2. The molecule has 3 rings (SSSR count). The van der Waals surface area contributed by atoms with Crippen LogP contribution >= 0.6 is 11.5 Å². The van der Waals surface area contributed by atoms with Crippen LogP contribution in [-0.4, -0.2) is 39.9 Å². The van der Waals surface area contributed by atoms with Crippen LogP contribution in [0.15, 0.2) is 54.7 Å². The van der Waals surface area contributed by atoms with Gasteiger partial charge < -0.3 is 10.2 Å². The lowest BCUT2D eigenvalue weighted by Crippen LogP contribution is -2.33. The van der Waals surface area contributed by atoms with Gasteiger partial charge in [-0.1, -0.05) is 50.2 Å². The number of carbonyl (C=O) groups is 1. The van der Waals surface area contributed by atoms with E-state index in [2.05, 4.69) is 45.6 Å². The predicted molar refractivity (Wildman–Crippen MR) is 122 cm³/mol. The molecule has 6 nitrogen and oxygen atoms in total. The zero-order valence-corrected chi connectivity index (χ0v) is 18.4. The number of hydrogen-bond acceptors (Lipinski definition) is 6. The van der Waals surface area contributed by atoms with E-state index in [4.69, 9.17) is 4.98 Å². The van der Waals surface area contributed by atoms with Crippen LogP contribution < -0.4 is 10.2 Å². The summed E-state index contributed by atoms with van der Waals surface area (Å²) < 4.78 is 4.53. The van der Waals surface area contributed by atoms with Gasteiger partial charge in [0, 0.05) is 62.3 Å². The second kappa shape index (κ2) is 11.4. The molecule has 0 spiro atoms. The lowest BCUT2D eigenvalue weighted by atomic mass is 10.1. The summed E-state index contributed by atoms with van der Waals surface area (Å²) in [7, 11) is 0. The Morgan fingerprint density at radius 3 is 2.67 bits per heavy atom. The molecular formula is C23H29N5OS. The van der Waals surface area contributed by atoms with Crippen LogP contribution in [0.1, 0.15) is 37.4 Å². The van der Waals surface area contributed by atoms with E-state index in [1.165, 1.54) is 17.1 Å². The number of pyridine rings is 1. The maximum atomic E-state index is 12.3. The van der Waals surface area contributed by atoms with Crippen molar-refractivity contribution in [1.29, 1.82) is 0 Å². The second-order valence-corrected chi connectivity index (χ2v) is 8.40. The van der Waals surface area contributed by atoms with Crippen molar-refractivity contribution in [1.82, 2.24) is 19.7 Å². The molecule has 7 heteroatoms. The van der Waals surface area contributed by atoms with E-state index in [-0.39, 0.29) is 5.91 Å². The van der Waals surface area contributed by atoms with Crippen molar-refractivity contribution < 1.29 is 4.79 Å². The van der Waals surface area contributed by atoms with Crippen LogP contribution in [0, 0.1) is 5.92 Å². The van der Waals surface area contributed by atoms with Crippen molar-refractivity contribution in [2.45, 2.75) is 33.1 Å². The number of benzene rings is 1. The Kier molecular flexibility index (Phi) is 8.32. The highest BCUT2D eigenvalue weighted by Crippen LogP contribution is 2.20. The van der Waals surface area contributed by atoms with E-state index in [0.29, 0.717) is 25.4 Å². The molecule has 0 saturated heterocycles. The number of aromatic nitrogens is 3. The minimum atomic E-state index is 0.0497. The predicted octanol–water partition coefficient (Wildman–Crippen LogP) is 3.74. The minimum Gasteiger partial charge on any atom is -0.356 e. The molecule has 0 aliphatic rings. The molecule has 0 bridgehead atoms. The van der Waals surface area contributed by atoms with Gasteiger partial charge in [0.25, 0.3) is 0 Å². The SMILES string of the molecule is CC(C)CN(CCC(=O)NCCc1ccccn1)c1nc(Cc2ccccc2)ns1. The summed E-state index contributed by atoms with van der Waals surface area (Å²) in [5.41, 5.74) is 2.18. The first kappa shape index (κ1) is 21.9. The Hall–Kier alpha value is -2.80. The van der Waals surface area contributed by atoms with Gasteiger partial charge in [0.15, 0.2) is 0 Å². The molecule has 30 heavy (non-hydrogen) atoms. The molecule has 0 aliphatic heterocycles. The van der Waals surface area contributed by atoms with Gasteiger partial charge in [0.05, 0.1) is 0 Å². The summed E-state index contributed by atoms with van der Waals surface area (Å²) in [5.74, 6) is 1.35. The van der Waals surface area contributed by atoms with Crippen molar-refractivity contribution in [2.75, 3.05) is 24.5 Å². The maximum absolute atomic E-state index is 12.3. The van der Waals surface area contributed by atoms with Gasteiger partial charge >= 0.3 is 0 Å². The van der Waals surface area contributed by atoms with E-state index in [9.17, 15) is 4.79 Å². The van der Waals surface area contributed by atoms with Gasteiger partial charge in [0.2, 0.25) is 11.0 Å². The van der Waals surface area contributed by atoms with Gasteiger partial charge in [-0.3, -0.25) is 9.78 Å².